The second kappa shape index (κ2) is 9.86. The van der Waals surface area contributed by atoms with Crippen LogP contribution in [-0.2, 0) is 10.1 Å². The van der Waals surface area contributed by atoms with Gasteiger partial charge in [-0.3, -0.25) is 4.48 Å². The molecule has 8 heteroatoms. The molecule has 138 valence electrons. The van der Waals surface area contributed by atoms with Crippen molar-refractivity contribution < 1.29 is 23.2 Å². The van der Waals surface area contributed by atoms with Crippen LogP contribution in [0, 0.1) is 0 Å². The zero-order valence-electron chi connectivity index (χ0n) is 13.9. The van der Waals surface area contributed by atoms with E-state index in [0.29, 0.717) is 22.6 Å². The Labute approximate surface area is 153 Å². The summed E-state index contributed by atoms with van der Waals surface area (Å²) in [4.78, 5) is -0.262. The highest BCUT2D eigenvalue weighted by Gasteiger charge is 2.22. The highest BCUT2D eigenvalue weighted by molar-refractivity contribution is 7.85. The van der Waals surface area contributed by atoms with Crippen LogP contribution in [0.1, 0.15) is 0 Å². The van der Waals surface area contributed by atoms with E-state index in [1.807, 2.05) is 37.4 Å². The van der Waals surface area contributed by atoms with Crippen LogP contribution < -0.4 is 4.48 Å². The molecule has 6 nitrogen and oxygen atoms in total. The molecule has 2 rings (SSSR count). The van der Waals surface area contributed by atoms with Crippen LogP contribution >= 0.6 is 11.6 Å². The number of aliphatic hydroxyl groups is 2. The Morgan fingerprint density at radius 1 is 0.960 bits per heavy atom. The number of likely N-dealkylation sites (N-methyl/N-ethyl adjacent to an activating group) is 1. The van der Waals surface area contributed by atoms with E-state index in [2.05, 4.69) is 0 Å². The summed E-state index contributed by atoms with van der Waals surface area (Å²) < 4.78 is 31.6. The molecular formula is C17H22ClNO5S. The van der Waals surface area contributed by atoms with E-state index in [4.69, 9.17) is 21.8 Å². The van der Waals surface area contributed by atoms with Crippen molar-refractivity contribution >= 4 is 27.4 Å². The van der Waals surface area contributed by atoms with Crippen molar-refractivity contribution in [2.75, 3.05) is 33.4 Å². The summed E-state index contributed by atoms with van der Waals surface area (Å²) in [6.07, 6.45) is 0. The predicted molar refractivity (Wildman–Crippen MR) is 97.5 cm³/mol. The number of aliphatic hydroxyl groups excluding tert-OH is 2. The van der Waals surface area contributed by atoms with E-state index >= 15 is 0 Å². The second-order valence-corrected chi connectivity index (χ2v) is 7.35. The third-order valence-corrected chi connectivity index (χ3v) is 4.77. The Hall–Kier alpha value is -1.48. The maximum Gasteiger partial charge on any atom is 0.132 e. The minimum absolute atomic E-state index is 0.130. The van der Waals surface area contributed by atoms with Gasteiger partial charge in [0.15, 0.2) is 0 Å². The van der Waals surface area contributed by atoms with Gasteiger partial charge in [0.2, 0.25) is 0 Å². The number of hydrogen-bond donors (Lipinski definition) is 2. The first-order chi connectivity index (χ1) is 11.7. The van der Waals surface area contributed by atoms with E-state index in [1.165, 1.54) is 24.3 Å². The van der Waals surface area contributed by atoms with Crippen LogP contribution in [0.25, 0.3) is 0 Å². The summed E-state index contributed by atoms with van der Waals surface area (Å²) >= 11 is 5.46. The molecule has 0 saturated carbocycles. The zero-order valence-corrected chi connectivity index (χ0v) is 15.4. The smallest absolute Gasteiger partial charge is 0.132 e. The van der Waals surface area contributed by atoms with Crippen LogP contribution in [0.4, 0.5) is 5.69 Å². The number of quaternary nitrogens is 1. The Morgan fingerprint density at radius 3 is 1.84 bits per heavy atom. The molecule has 0 aliphatic rings. The largest absolute Gasteiger partial charge is 0.744 e. The van der Waals surface area contributed by atoms with E-state index in [9.17, 15) is 13.0 Å². The molecule has 0 unspecified atom stereocenters. The lowest BCUT2D eigenvalue weighted by Gasteiger charge is -2.32. The fourth-order valence-electron chi connectivity index (χ4n) is 2.20. The lowest BCUT2D eigenvalue weighted by atomic mass is 10.2. The second-order valence-electron chi connectivity index (χ2n) is 5.53. The predicted octanol–water partition coefficient (Wildman–Crippen LogP) is 1.85. The molecular weight excluding hydrogens is 366 g/mol. The average molecular weight is 388 g/mol. The summed E-state index contributed by atoms with van der Waals surface area (Å²) in [5.41, 5.74) is 1.12. The fourth-order valence-corrected chi connectivity index (χ4v) is 2.80. The molecule has 0 spiro atoms. The molecule has 0 amide bonds. The SMILES string of the molecule is C[N+](CCO)(CCO)c1ccccc1.O=S(=O)([O-])c1ccc(Cl)cc1. The van der Waals surface area contributed by atoms with Crippen LogP contribution in [0.2, 0.25) is 5.02 Å². The van der Waals surface area contributed by atoms with Crippen LogP contribution in [0.15, 0.2) is 59.5 Å². The van der Waals surface area contributed by atoms with Crippen molar-refractivity contribution in [3.05, 3.63) is 59.6 Å². The molecule has 0 radical (unpaired) electrons. The van der Waals surface area contributed by atoms with Gasteiger partial charge in [-0.2, -0.15) is 0 Å². The van der Waals surface area contributed by atoms with Gasteiger partial charge in [-0.05, 0) is 36.4 Å². The first-order valence-electron chi connectivity index (χ1n) is 7.56. The van der Waals surface area contributed by atoms with E-state index in [0.717, 1.165) is 5.69 Å². The lowest BCUT2D eigenvalue weighted by Crippen LogP contribution is -2.49. The number of rotatable bonds is 6. The summed E-state index contributed by atoms with van der Waals surface area (Å²) in [5, 5.41) is 18.4. The van der Waals surface area contributed by atoms with Crippen molar-refractivity contribution in [1.29, 1.82) is 0 Å². The molecule has 0 bridgehead atoms. The molecule has 25 heavy (non-hydrogen) atoms. The third-order valence-electron chi connectivity index (χ3n) is 3.67. The molecule has 0 saturated heterocycles. The van der Waals surface area contributed by atoms with E-state index < -0.39 is 10.1 Å². The maximum atomic E-state index is 10.3. The molecule has 0 aliphatic heterocycles. The highest BCUT2D eigenvalue weighted by Crippen LogP contribution is 2.19. The Bertz CT molecular complexity index is 729. The molecule has 0 fully saturated rings. The van der Waals surface area contributed by atoms with Gasteiger partial charge < -0.3 is 14.8 Å². The van der Waals surface area contributed by atoms with Gasteiger partial charge in [0.25, 0.3) is 0 Å². The molecule has 2 aromatic rings. The van der Waals surface area contributed by atoms with E-state index in [-0.39, 0.29) is 18.1 Å². The minimum atomic E-state index is -4.33. The normalized spacial score (nSPS) is 11.6. The molecule has 0 aliphatic carbocycles. The van der Waals surface area contributed by atoms with Gasteiger partial charge in [0.1, 0.15) is 28.9 Å². The Kier molecular flexibility index (Phi) is 8.51. The first-order valence-corrected chi connectivity index (χ1v) is 9.35. The van der Waals surface area contributed by atoms with Crippen molar-refractivity contribution in [2.45, 2.75) is 4.90 Å². The summed E-state index contributed by atoms with van der Waals surface area (Å²) in [6.45, 7) is 1.52. The number of halogens is 1. The molecule has 0 heterocycles. The molecule has 0 atom stereocenters. The van der Waals surface area contributed by atoms with Crippen LogP contribution in [-0.4, -0.2) is 56.5 Å². The average Bonchev–Trinajstić information content (AvgIpc) is 2.56. The van der Waals surface area contributed by atoms with Crippen molar-refractivity contribution in [1.82, 2.24) is 4.48 Å². The lowest BCUT2D eigenvalue weighted by molar-refractivity contribution is 0.185. The maximum absolute atomic E-state index is 10.3. The standard InChI is InChI=1S/C11H18NO2.C6H5ClO3S/c1-12(7-9-13,8-10-14)11-5-3-2-4-6-11;7-5-1-3-6(4-2-5)11(8,9)10/h2-6,13-14H,7-10H2,1H3;1-4H,(H,8,9,10)/q+1;/p-1. The number of hydrogen-bond acceptors (Lipinski definition) is 5. The van der Waals surface area contributed by atoms with Gasteiger partial charge in [0, 0.05) is 5.02 Å². The van der Waals surface area contributed by atoms with E-state index in [1.54, 1.807) is 0 Å². The number of para-hydroxylation sites is 1. The van der Waals surface area contributed by atoms with Gasteiger partial charge in [-0.15, -0.1) is 0 Å². The van der Waals surface area contributed by atoms with Gasteiger partial charge in [-0.25, -0.2) is 8.42 Å². The van der Waals surface area contributed by atoms with Crippen molar-refractivity contribution in [3.8, 4) is 0 Å². The Morgan fingerprint density at radius 2 is 1.44 bits per heavy atom. The molecule has 2 N–H and O–H groups in total. The topological polar surface area (TPSA) is 97.7 Å². The highest BCUT2D eigenvalue weighted by atomic mass is 35.5. The number of nitrogens with zero attached hydrogens (tertiary/aromatic N) is 1. The fraction of sp³-hybridized carbons (Fsp3) is 0.294. The van der Waals surface area contributed by atoms with Crippen molar-refractivity contribution in [3.63, 3.8) is 0 Å². The van der Waals surface area contributed by atoms with Crippen molar-refractivity contribution in [2.24, 2.45) is 0 Å². The minimum Gasteiger partial charge on any atom is -0.744 e. The quantitative estimate of drug-likeness (QED) is 0.582. The van der Waals surface area contributed by atoms with Crippen LogP contribution in [0.5, 0.6) is 0 Å². The zero-order chi connectivity index (χ0) is 18.9. The molecule has 0 aromatic heterocycles. The summed E-state index contributed by atoms with van der Waals surface area (Å²) in [5.74, 6) is 0. The van der Waals surface area contributed by atoms with Crippen LogP contribution in [0.3, 0.4) is 0 Å². The Balaban J connectivity index is 0.000000257. The van der Waals surface area contributed by atoms with Gasteiger partial charge in [-0.1, -0.05) is 29.8 Å². The van der Waals surface area contributed by atoms with Gasteiger partial charge >= 0.3 is 0 Å². The summed E-state index contributed by atoms with van der Waals surface area (Å²) in [6, 6.07) is 15.0. The monoisotopic (exact) mass is 387 g/mol. The first kappa shape index (κ1) is 21.6. The molecule has 2 aromatic carbocycles. The summed E-state index contributed by atoms with van der Waals surface area (Å²) in [7, 11) is -2.31. The third kappa shape index (κ3) is 7.11. The number of benzene rings is 2. The van der Waals surface area contributed by atoms with Gasteiger partial charge in [0.05, 0.1) is 25.2 Å².